The van der Waals surface area contributed by atoms with Crippen LogP contribution in [0, 0.1) is 0 Å². The second-order valence-electron chi connectivity index (χ2n) is 4.28. The minimum Gasteiger partial charge on any atom is -0.453 e. The Morgan fingerprint density at radius 1 is 1.20 bits per heavy atom. The summed E-state index contributed by atoms with van der Waals surface area (Å²) in [7, 11) is 0. The maximum absolute atomic E-state index is 12.2. The molecule has 0 unspecified atom stereocenters. The van der Waals surface area contributed by atoms with E-state index in [0.717, 1.165) is 0 Å². The number of benzene rings is 1. The Morgan fingerprint density at radius 2 is 1.85 bits per heavy atom. The summed E-state index contributed by atoms with van der Waals surface area (Å²) >= 11 is 0. The summed E-state index contributed by atoms with van der Waals surface area (Å²) in [4.78, 5) is 22.7. The fraction of sp³-hybridized carbons (Fsp3) is 0.286. The average Bonchev–Trinajstić information content (AvgIpc) is 2.75. The van der Waals surface area contributed by atoms with Crippen molar-refractivity contribution in [1.29, 1.82) is 0 Å². The molecule has 20 heavy (non-hydrogen) atoms. The largest absolute Gasteiger partial charge is 0.453 e. The zero-order chi connectivity index (χ0) is 14.9. The van der Waals surface area contributed by atoms with E-state index in [0.29, 0.717) is 23.0 Å². The Morgan fingerprint density at radius 3 is 2.45 bits per heavy atom. The van der Waals surface area contributed by atoms with Gasteiger partial charge in [-0.1, -0.05) is 25.1 Å². The van der Waals surface area contributed by atoms with Crippen LogP contribution in [0.15, 0.2) is 28.7 Å². The van der Waals surface area contributed by atoms with Gasteiger partial charge in [0.2, 0.25) is 11.6 Å². The number of hydrogen-bond donors (Lipinski definition) is 0. The number of carbonyl (C=O) groups is 2. The van der Waals surface area contributed by atoms with Gasteiger partial charge in [0.25, 0.3) is 0 Å². The number of rotatable bonds is 4. The number of halogens is 3. The number of hydrogen-bond acceptors (Lipinski definition) is 3. The van der Waals surface area contributed by atoms with Crippen molar-refractivity contribution in [3.05, 3.63) is 35.6 Å². The molecule has 0 amide bonds. The topological polar surface area (TPSA) is 47.3 Å². The minimum absolute atomic E-state index is 0.161. The van der Waals surface area contributed by atoms with E-state index in [1.165, 1.54) is 0 Å². The fourth-order valence-corrected chi connectivity index (χ4v) is 2.00. The molecule has 0 bridgehead atoms. The SMILES string of the molecule is CCc1c(C(=O)CC(=O)C(F)(F)F)oc2ccccc12. The highest BCUT2D eigenvalue weighted by Gasteiger charge is 2.40. The maximum atomic E-state index is 12.2. The minimum atomic E-state index is -5.01. The van der Waals surface area contributed by atoms with Gasteiger partial charge in [0, 0.05) is 10.9 Å². The lowest BCUT2D eigenvalue weighted by atomic mass is 10.0. The second kappa shape index (κ2) is 5.11. The van der Waals surface area contributed by atoms with Crippen molar-refractivity contribution >= 4 is 22.5 Å². The number of fused-ring (bicyclic) bond motifs is 1. The quantitative estimate of drug-likeness (QED) is 0.635. The van der Waals surface area contributed by atoms with Crippen molar-refractivity contribution in [2.24, 2.45) is 0 Å². The zero-order valence-electron chi connectivity index (χ0n) is 10.6. The van der Waals surface area contributed by atoms with Gasteiger partial charge in [-0.3, -0.25) is 9.59 Å². The summed E-state index contributed by atoms with van der Waals surface area (Å²) in [6.07, 6.45) is -5.80. The molecule has 3 nitrogen and oxygen atoms in total. The van der Waals surface area contributed by atoms with E-state index in [2.05, 4.69) is 0 Å². The van der Waals surface area contributed by atoms with Crippen molar-refractivity contribution in [2.45, 2.75) is 25.9 Å². The third-order valence-electron chi connectivity index (χ3n) is 2.94. The molecule has 1 aromatic carbocycles. The van der Waals surface area contributed by atoms with Crippen molar-refractivity contribution < 1.29 is 27.2 Å². The maximum Gasteiger partial charge on any atom is 0.450 e. The van der Waals surface area contributed by atoms with E-state index >= 15 is 0 Å². The molecule has 6 heteroatoms. The Hall–Kier alpha value is -2.11. The Kier molecular flexibility index (Phi) is 3.65. The van der Waals surface area contributed by atoms with Crippen LogP contribution in [-0.4, -0.2) is 17.7 Å². The number of ketones is 2. The zero-order valence-corrected chi connectivity index (χ0v) is 10.6. The van der Waals surface area contributed by atoms with E-state index in [1.807, 2.05) is 0 Å². The van der Waals surface area contributed by atoms with Crippen LogP contribution in [0.4, 0.5) is 13.2 Å². The molecule has 0 aliphatic carbocycles. The van der Waals surface area contributed by atoms with Crippen LogP contribution in [0.25, 0.3) is 11.0 Å². The van der Waals surface area contributed by atoms with Crippen LogP contribution >= 0.6 is 0 Å². The lowest BCUT2D eigenvalue weighted by molar-refractivity contribution is -0.170. The first kappa shape index (κ1) is 14.3. The normalized spacial score (nSPS) is 11.8. The molecule has 2 aromatic rings. The van der Waals surface area contributed by atoms with Gasteiger partial charge >= 0.3 is 6.18 Å². The van der Waals surface area contributed by atoms with E-state index < -0.39 is 24.2 Å². The van der Waals surface area contributed by atoms with Crippen LogP contribution in [-0.2, 0) is 11.2 Å². The molecular formula is C14H11F3O3. The Balaban J connectivity index is 2.38. The monoisotopic (exact) mass is 284 g/mol. The Bertz CT molecular complexity index is 668. The fourth-order valence-electron chi connectivity index (χ4n) is 2.00. The van der Waals surface area contributed by atoms with Gasteiger partial charge in [-0.05, 0) is 12.5 Å². The standard InChI is InChI=1S/C14H11F3O3/c1-2-8-9-5-3-4-6-11(9)20-13(8)10(18)7-12(19)14(15,16)17/h3-6H,2,7H2,1H3. The van der Waals surface area contributed by atoms with E-state index in [1.54, 1.807) is 31.2 Å². The molecule has 2 rings (SSSR count). The smallest absolute Gasteiger partial charge is 0.450 e. The van der Waals surface area contributed by atoms with Crippen molar-refractivity contribution in [2.75, 3.05) is 0 Å². The predicted molar refractivity (Wildman–Crippen MR) is 65.6 cm³/mol. The molecule has 0 aliphatic heterocycles. The number of furan rings is 1. The van der Waals surface area contributed by atoms with Gasteiger partial charge in [0.15, 0.2) is 5.76 Å². The van der Waals surface area contributed by atoms with Crippen LogP contribution in [0.3, 0.4) is 0 Å². The molecule has 0 fully saturated rings. The summed E-state index contributed by atoms with van der Waals surface area (Å²) in [5.41, 5.74) is 0.952. The van der Waals surface area contributed by atoms with Gasteiger partial charge in [0.1, 0.15) is 5.58 Å². The summed E-state index contributed by atoms with van der Waals surface area (Å²) in [6, 6.07) is 6.78. The first-order valence-corrected chi connectivity index (χ1v) is 5.98. The summed E-state index contributed by atoms with van der Waals surface area (Å²) < 4.78 is 41.8. The lowest BCUT2D eigenvalue weighted by Crippen LogP contribution is -2.25. The molecule has 0 radical (unpaired) electrons. The van der Waals surface area contributed by atoms with E-state index in [-0.39, 0.29) is 5.76 Å². The number of alkyl halides is 3. The first-order chi connectivity index (χ1) is 9.34. The van der Waals surface area contributed by atoms with E-state index in [4.69, 9.17) is 4.42 Å². The molecule has 1 aromatic heterocycles. The highest BCUT2D eigenvalue weighted by Crippen LogP contribution is 2.28. The molecule has 0 atom stereocenters. The Labute approximate surface area is 112 Å². The van der Waals surface area contributed by atoms with E-state index in [9.17, 15) is 22.8 Å². The highest BCUT2D eigenvalue weighted by molar-refractivity contribution is 6.10. The molecular weight excluding hydrogens is 273 g/mol. The first-order valence-electron chi connectivity index (χ1n) is 5.98. The van der Waals surface area contributed by atoms with Crippen LogP contribution in [0.1, 0.15) is 29.5 Å². The second-order valence-corrected chi connectivity index (χ2v) is 4.28. The van der Waals surface area contributed by atoms with Gasteiger partial charge < -0.3 is 4.42 Å². The molecule has 0 saturated heterocycles. The summed E-state index contributed by atoms with van der Waals surface area (Å²) in [6.45, 7) is 1.76. The molecule has 0 N–H and O–H groups in total. The summed E-state index contributed by atoms with van der Waals surface area (Å²) in [5, 5.41) is 0.679. The number of para-hydroxylation sites is 1. The number of aryl methyl sites for hydroxylation is 1. The van der Waals surface area contributed by atoms with Crippen molar-refractivity contribution in [3.8, 4) is 0 Å². The van der Waals surface area contributed by atoms with Gasteiger partial charge in [-0.25, -0.2) is 0 Å². The van der Waals surface area contributed by atoms with Crippen LogP contribution < -0.4 is 0 Å². The number of carbonyl (C=O) groups excluding carboxylic acids is 2. The third kappa shape index (κ3) is 2.59. The van der Waals surface area contributed by atoms with Crippen LogP contribution in [0.5, 0.6) is 0 Å². The van der Waals surface area contributed by atoms with Crippen molar-refractivity contribution in [1.82, 2.24) is 0 Å². The molecule has 106 valence electrons. The predicted octanol–water partition coefficient (Wildman–Crippen LogP) is 3.70. The van der Waals surface area contributed by atoms with Gasteiger partial charge in [-0.2, -0.15) is 13.2 Å². The van der Waals surface area contributed by atoms with Gasteiger partial charge in [0.05, 0.1) is 6.42 Å². The van der Waals surface area contributed by atoms with Gasteiger partial charge in [-0.15, -0.1) is 0 Å². The molecule has 0 saturated carbocycles. The molecule has 1 heterocycles. The van der Waals surface area contributed by atoms with Crippen molar-refractivity contribution in [3.63, 3.8) is 0 Å². The molecule has 0 spiro atoms. The summed E-state index contributed by atoms with van der Waals surface area (Å²) in [5.74, 6) is -3.17. The highest BCUT2D eigenvalue weighted by atomic mass is 19.4. The van der Waals surface area contributed by atoms with Crippen LogP contribution in [0.2, 0.25) is 0 Å². The third-order valence-corrected chi connectivity index (χ3v) is 2.94. The lowest BCUT2D eigenvalue weighted by Gasteiger charge is -2.03. The number of Topliss-reactive ketones (excluding diaryl/α,β-unsaturated/α-hetero) is 2. The average molecular weight is 284 g/mol. The molecule has 0 aliphatic rings.